The van der Waals surface area contributed by atoms with Crippen molar-refractivity contribution in [3.05, 3.63) is 101 Å². The third kappa shape index (κ3) is 6.13. The number of nitrogens with zero attached hydrogens (tertiary/aromatic N) is 2. The summed E-state index contributed by atoms with van der Waals surface area (Å²) < 4.78 is 8.56. The number of hydrogen-bond acceptors (Lipinski definition) is 3. The maximum Gasteiger partial charge on any atom is 0.187 e. The van der Waals surface area contributed by atoms with Crippen LogP contribution >= 0.6 is 12.2 Å². The Morgan fingerprint density at radius 3 is 2.56 bits per heavy atom. The van der Waals surface area contributed by atoms with Gasteiger partial charge in [-0.3, -0.25) is 5.43 Å². The summed E-state index contributed by atoms with van der Waals surface area (Å²) in [5.74, 6) is 1.45. The zero-order valence-electron chi connectivity index (χ0n) is 21.2. The summed E-state index contributed by atoms with van der Waals surface area (Å²) in [5.41, 5.74) is 8.76. The molecule has 0 aliphatic heterocycles. The molecule has 3 aromatic carbocycles. The van der Waals surface area contributed by atoms with E-state index in [1.807, 2.05) is 30.5 Å². The molecule has 2 N–H and O–H groups in total. The number of para-hydroxylation sites is 2. The first kappa shape index (κ1) is 25.5. The Morgan fingerprint density at radius 1 is 1.03 bits per heavy atom. The lowest BCUT2D eigenvalue weighted by Gasteiger charge is -2.16. The molecule has 1 heterocycles. The lowest BCUT2D eigenvalue weighted by molar-refractivity contribution is 0.295. The van der Waals surface area contributed by atoms with E-state index in [2.05, 4.69) is 95.8 Å². The molecule has 0 radical (unpaired) electrons. The average molecular weight is 499 g/mol. The van der Waals surface area contributed by atoms with E-state index in [0.29, 0.717) is 24.2 Å². The van der Waals surface area contributed by atoms with Gasteiger partial charge in [0.1, 0.15) is 12.4 Å². The van der Waals surface area contributed by atoms with E-state index in [-0.39, 0.29) is 0 Å². The van der Waals surface area contributed by atoms with Crippen LogP contribution in [0.5, 0.6) is 5.75 Å². The topological polar surface area (TPSA) is 50.6 Å². The van der Waals surface area contributed by atoms with Crippen molar-refractivity contribution in [1.82, 2.24) is 15.3 Å². The zero-order chi connectivity index (χ0) is 25.3. The highest BCUT2D eigenvalue weighted by molar-refractivity contribution is 7.80. The molecule has 6 heteroatoms. The Bertz CT molecular complexity index is 1330. The molecule has 4 aromatic rings. The lowest BCUT2D eigenvalue weighted by atomic mass is 9.98. The molecule has 0 amide bonds. The van der Waals surface area contributed by atoms with Crippen molar-refractivity contribution in [2.75, 3.05) is 6.61 Å². The van der Waals surface area contributed by atoms with Crippen molar-refractivity contribution in [2.45, 2.75) is 46.2 Å². The Morgan fingerprint density at radius 2 is 1.75 bits per heavy atom. The highest BCUT2D eigenvalue weighted by atomic mass is 32.1. The Labute approximate surface area is 219 Å². The van der Waals surface area contributed by atoms with Crippen LogP contribution in [-0.4, -0.2) is 22.5 Å². The second kappa shape index (κ2) is 12.4. The van der Waals surface area contributed by atoms with E-state index in [0.717, 1.165) is 35.4 Å². The number of nitrogens with one attached hydrogen (secondary N) is 2. The summed E-state index contributed by atoms with van der Waals surface area (Å²) in [4.78, 5) is 0. The molecule has 5 nitrogen and oxygen atoms in total. The van der Waals surface area contributed by atoms with Crippen molar-refractivity contribution < 1.29 is 4.74 Å². The monoisotopic (exact) mass is 498 g/mol. The molecule has 0 spiro atoms. The first-order valence-electron chi connectivity index (χ1n) is 12.5. The number of aromatic nitrogens is 1. The van der Waals surface area contributed by atoms with Crippen LogP contribution in [0.1, 0.15) is 48.6 Å². The van der Waals surface area contributed by atoms with Crippen LogP contribution in [0.3, 0.4) is 0 Å². The Hall–Kier alpha value is -3.64. The molecule has 4 rings (SSSR count). The maximum absolute atomic E-state index is 6.26. The van der Waals surface area contributed by atoms with Gasteiger partial charge in [0, 0.05) is 28.7 Å². The van der Waals surface area contributed by atoms with Gasteiger partial charge in [-0.2, -0.15) is 5.10 Å². The third-order valence-electron chi connectivity index (χ3n) is 6.57. The summed E-state index contributed by atoms with van der Waals surface area (Å²) in [5, 5.41) is 9.26. The van der Waals surface area contributed by atoms with Crippen LogP contribution in [0.25, 0.3) is 10.9 Å². The van der Waals surface area contributed by atoms with Gasteiger partial charge >= 0.3 is 0 Å². The first-order chi connectivity index (χ1) is 17.6. The van der Waals surface area contributed by atoms with Gasteiger partial charge in [-0.15, -0.1) is 0 Å². The minimum atomic E-state index is 0.471. The van der Waals surface area contributed by atoms with Gasteiger partial charge in [-0.1, -0.05) is 80.6 Å². The molecule has 1 atom stereocenters. The van der Waals surface area contributed by atoms with Crippen molar-refractivity contribution in [3.8, 4) is 5.75 Å². The van der Waals surface area contributed by atoms with Crippen molar-refractivity contribution in [2.24, 2.45) is 5.10 Å². The van der Waals surface area contributed by atoms with E-state index in [1.54, 1.807) is 0 Å². The fourth-order valence-electron chi connectivity index (χ4n) is 4.37. The summed E-state index contributed by atoms with van der Waals surface area (Å²) in [7, 11) is 0. The second-order valence-corrected chi connectivity index (χ2v) is 9.31. The largest absolute Gasteiger partial charge is 0.491 e. The van der Waals surface area contributed by atoms with Gasteiger partial charge in [-0.25, -0.2) is 0 Å². The Balaban J connectivity index is 1.43. The zero-order valence-corrected chi connectivity index (χ0v) is 22.0. The van der Waals surface area contributed by atoms with E-state index in [9.17, 15) is 0 Å². The number of hydrogen-bond donors (Lipinski definition) is 2. The minimum absolute atomic E-state index is 0.471. The summed E-state index contributed by atoms with van der Waals surface area (Å²) in [6.07, 6.45) is 2.94. The Kier molecular flexibility index (Phi) is 8.74. The molecular formula is C30H34N4OS. The number of benzene rings is 3. The minimum Gasteiger partial charge on any atom is -0.491 e. The number of fused-ring (bicyclic) bond motifs is 1. The van der Waals surface area contributed by atoms with Crippen molar-refractivity contribution >= 4 is 34.4 Å². The molecule has 0 saturated carbocycles. The second-order valence-electron chi connectivity index (χ2n) is 8.90. The molecule has 36 heavy (non-hydrogen) atoms. The third-order valence-corrected chi connectivity index (χ3v) is 6.81. The van der Waals surface area contributed by atoms with Gasteiger partial charge in [0.2, 0.25) is 0 Å². The molecule has 0 aliphatic carbocycles. The van der Waals surface area contributed by atoms with Crippen LogP contribution in [-0.2, 0) is 13.1 Å². The SMILES string of the molecule is CC[C@@H](C)c1ccccc1OCCn1c(C)c(/C=N\NC(=S)NCc2ccccc2)c2ccccc21. The van der Waals surface area contributed by atoms with E-state index in [1.165, 1.54) is 16.6 Å². The fourth-order valence-corrected chi connectivity index (χ4v) is 4.49. The number of ether oxygens (including phenoxy) is 1. The highest BCUT2D eigenvalue weighted by Gasteiger charge is 2.14. The van der Waals surface area contributed by atoms with E-state index < -0.39 is 0 Å². The van der Waals surface area contributed by atoms with E-state index >= 15 is 0 Å². The predicted octanol–water partition coefficient (Wildman–Crippen LogP) is 6.54. The fraction of sp³-hybridized carbons (Fsp3) is 0.267. The number of thiocarbonyl (C=S) groups is 1. The summed E-state index contributed by atoms with van der Waals surface area (Å²) in [6.45, 7) is 8.57. The number of rotatable bonds is 10. The lowest BCUT2D eigenvalue weighted by Crippen LogP contribution is -2.31. The summed E-state index contributed by atoms with van der Waals surface area (Å²) >= 11 is 5.39. The maximum atomic E-state index is 6.26. The molecule has 0 fully saturated rings. The molecule has 0 unspecified atom stereocenters. The molecular weight excluding hydrogens is 464 g/mol. The smallest absolute Gasteiger partial charge is 0.187 e. The van der Waals surface area contributed by atoms with Gasteiger partial charge in [0.15, 0.2) is 5.11 Å². The van der Waals surface area contributed by atoms with Gasteiger partial charge in [-0.05, 0) is 54.7 Å². The van der Waals surface area contributed by atoms with Crippen LogP contribution in [0.15, 0.2) is 84.0 Å². The normalized spacial score (nSPS) is 12.1. The standard InChI is InChI=1S/C30H34N4OS/c1-4-22(2)25-14-9-11-17-29(25)35-19-18-34-23(3)27(26-15-8-10-16-28(26)34)21-32-33-30(36)31-20-24-12-6-5-7-13-24/h5-17,21-22H,4,18-20H2,1-3H3,(H2,31,33,36)/b32-21-/t22-/m1/s1. The molecule has 0 aliphatic rings. The van der Waals surface area contributed by atoms with Crippen LogP contribution in [0, 0.1) is 6.92 Å². The average Bonchev–Trinajstić information content (AvgIpc) is 3.18. The molecule has 0 bridgehead atoms. The van der Waals surface area contributed by atoms with Gasteiger partial charge < -0.3 is 14.6 Å². The summed E-state index contributed by atoms with van der Waals surface area (Å²) in [6, 6.07) is 26.9. The van der Waals surface area contributed by atoms with Gasteiger partial charge in [0.25, 0.3) is 0 Å². The number of hydrazone groups is 1. The van der Waals surface area contributed by atoms with Crippen molar-refractivity contribution in [3.63, 3.8) is 0 Å². The van der Waals surface area contributed by atoms with Crippen LogP contribution < -0.4 is 15.5 Å². The van der Waals surface area contributed by atoms with Crippen molar-refractivity contribution in [1.29, 1.82) is 0 Å². The van der Waals surface area contributed by atoms with Crippen LogP contribution in [0.4, 0.5) is 0 Å². The first-order valence-corrected chi connectivity index (χ1v) is 12.9. The molecule has 186 valence electrons. The predicted molar refractivity (Wildman–Crippen MR) is 154 cm³/mol. The molecule has 0 saturated heterocycles. The van der Waals surface area contributed by atoms with Crippen LogP contribution in [0.2, 0.25) is 0 Å². The quantitative estimate of drug-likeness (QED) is 0.148. The van der Waals surface area contributed by atoms with E-state index in [4.69, 9.17) is 17.0 Å². The molecule has 1 aromatic heterocycles. The highest BCUT2D eigenvalue weighted by Crippen LogP contribution is 2.29. The van der Waals surface area contributed by atoms with Gasteiger partial charge in [0.05, 0.1) is 12.8 Å².